The molecule has 1 unspecified atom stereocenters. The molecule has 0 saturated heterocycles. The fraction of sp³-hybridized carbons (Fsp3) is 1.00. The second-order valence-electron chi connectivity index (χ2n) is 6.80. The van der Waals surface area contributed by atoms with Crippen molar-refractivity contribution in [1.82, 2.24) is 0 Å². The van der Waals surface area contributed by atoms with Crippen molar-refractivity contribution in [3.8, 4) is 0 Å². The molecule has 0 aromatic heterocycles. The third-order valence-corrected chi connectivity index (χ3v) is 5.31. The molecule has 0 spiro atoms. The van der Waals surface area contributed by atoms with Gasteiger partial charge in [-0.2, -0.15) is 0 Å². The Balaban J connectivity index is 5.22. The third-order valence-electron chi connectivity index (χ3n) is 5.31. The second kappa shape index (κ2) is 3.87. The van der Waals surface area contributed by atoms with Crippen molar-refractivity contribution in [3.63, 3.8) is 0 Å². The molecule has 0 aromatic carbocycles. The van der Waals surface area contributed by atoms with Crippen LogP contribution in [0.25, 0.3) is 0 Å². The summed E-state index contributed by atoms with van der Waals surface area (Å²) in [6.45, 7) is 21.4. The van der Waals surface area contributed by atoms with Gasteiger partial charge in [-0.15, -0.1) is 0 Å². The zero-order chi connectivity index (χ0) is 11.8. The number of hydrogen-bond donors (Lipinski definition) is 0. The lowest BCUT2D eigenvalue weighted by atomic mass is 9.50. The van der Waals surface area contributed by atoms with Crippen molar-refractivity contribution >= 4 is 0 Å². The Bertz CT molecular complexity index is 178. The highest BCUT2D eigenvalue weighted by atomic mass is 14.5. The Morgan fingerprint density at radius 1 is 0.857 bits per heavy atom. The molecular weight excluding hydrogens is 168 g/mol. The van der Waals surface area contributed by atoms with Gasteiger partial charge in [0.15, 0.2) is 0 Å². The van der Waals surface area contributed by atoms with Crippen LogP contribution in [-0.2, 0) is 0 Å². The van der Waals surface area contributed by atoms with Gasteiger partial charge in [-0.1, -0.05) is 62.3 Å². The van der Waals surface area contributed by atoms with Gasteiger partial charge in [-0.25, -0.2) is 0 Å². The van der Waals surface area contributed by atoms with Crippen molar-refractivity contribution in [3.05, 3.63) is 0 Å². The average molecular weight is 198 g/mol. The van der Waals surface area contributed by atoms with Crippen LogP contribution in [-0.4, -0.2) is 0 Å². The van der Waals surface area contributed by atoms with Crippen LogP contribution in [0.2, 0.25) is 0 Å². The number of rotatable bonds is 3. The van der Waals surface area contributed by atoms with Crippen LogP contribution < -0.4 is 0 Å². The van der Waals surface area contributed by atoms with E-state index in [0.29, 0.717) is 16.2 Å². The molecule has 14 heavy (non-hydrogen) atoms. The van der Waals surface area contributed by atoms with E-state index in [9.17, 15) is 0 Å². The van der Waals surface area contributed by atoms with Gasteiger partial charge in [0.2, 0.25) is 0 Å². The molecule has 0 amide bonds. The van der Waals surface area contributed by atoms with E-state index in [2.05, 4.69) is 62.3 Å². The number of hydrogen-bond acceptors (Lipinski definition) is 0. The molecule has 0 aliphatic heterocycles. The summed E-state index contributed by atoms with van der Waals surface area (Å²) >= 11 is 0. The van der Waals surface area contributed by atoms with Gasteiger partial charge < -0.3 is 0 Å². The molecule has 0 bridgehead atoms. The third kappa shape index (κ3) is 1.99. The topological polar surface area (TPSA) is 0 Å². The highest BCUT2D eigenvalue weighted by molar-refractivity contribution is 4.97. The van der Waals surface area contributed by atoms with Crippen molar-refractivity contribution < 1.29 is 0 Å². The summed E-state index contributed by atoms with van der Waals surface area (Å²) in [5.41, 5.74) is 1.15. The van der Waals surface area contributed by atoms with Crippen LogP contribution in [0.15, 0.2) is 0 Å². The van der Waals surface area contributed by atoms with E-state index in [0.717, 1.165) is 5.92 Å². The van der Waals surface area contributed by atoms with Crippen molar-refractivity contribution in [2.45, 2.75) is 68.7 Å². The maximum atomic E-state index is 2.45. The highest BCUT2D eigenvalue weighted by Crippen LogP contribution is 2.56. The predicted octanol–water partition coefficient (Wildman–Crippen LogP) is 5.13. The Kier molecular flexibility index (Phi) is 3.87. The first-order valence-corrected chi connectivity index (χ1v) is 6.00. The smallest absolute Gasteiger partial charge is 0.0249 e. The zero-order valence-electron chi connectivity index (χ0n) is 11.8. The summed E-state index contributed by atoms with van der Waals surface area (Å²) in [5.74, 6) is 0.738. The normalized spacial score (nSPS) is 18.4. The largest absolute Gasteiger partial charge is 0.0648 e. The van der Waals surface area contributed by atoms with E-state index in [-0.39, 0.29) is 0 Å². The second-order valence-corrected chi connectivity index (χ2v) is 6.80. The van der Waals surface area contributed by atoms with Crippen LogP contribution in [0.3, 0.4) is 0 Å². The zero-order valence-corrected chi connectivity index (χ0v) is 11.8. The Morgan fingerprint density at radius 2 is 1.21 bits per heavy atom. The van der Waals surface area contributed by atoms with Gasteiger partial charge in [0, 0.05) is 0 Å². The van der Waals surface area contributed by atoms with Crippen LogP contribution in [0.1, 0.15) is 68.7 Å². The molecule has 0 rings (SSSR count). The SMILES string of the molecule is CCC(C)(C(C)C)C(C)(C)C(C)(C)C. The molecule has 86 valence electrons. The van der Waals surface area contributed by atoms with Crippen molar-refractivity contribution in [1.29, 1.82) is 0 Å². The first-order chi connectivity index (χ1) is 6.00. The van der Waals surface area contributed by atoms with Gasteiger partial charge in [-0.3, -0.25) is 0 Å². The molecule has 0 radical (unpaired) electrons. The van der Waals surface area contributed by atoms with E-state index in [1.54, 1.807) is 0 Å². The first-order valence-electron chi connectivity index (χ1n) is 6.00. The lowest BCUT2D eigenvalue weighted by molar-refractivity contribution is -0.0553. The van der Waals surface area contributed by atoms with E-state index in [4.69, 9.17) is 0 Å². The van der Waals surface area contributed by atoms with Gasteiger partial charge in [0.05, 0.1) is 0 Å². The summed E-state index contributed by atoms with van der Waals surface area (Å²) in [4.78, 5) is 0. The van der Waals surface area contributed by atoms with Crippen LogP contribution in [0.5, 0.6) is 0 Å². The van der Waals surface area contributed by atoms with Crippen LogP contribution in [0, 0.1) is 22.2 Å². The molecule has 0 heteroatoms. The average Bonchev–Trinajstić information content (AvgIpc) is 2.00. The maximum Gasteiger partial charge on any atom is -0.0249 e. The fourth-order valence-corrected chi connectivity index (χ4v) is 2.43. The maximum absolute atomic E-state index is 2.45. The van der Waals surface area contributed by atoms with Gasteiger partial charge in [0.25, 0.3) is 0 Å². The molecule has 0 N–H and O–H groups in total. The first kappa shape index (κ1) is 14.0. The summed E-state index contributed by atoms with van der Waals surface area (Å²) in [6.07, 6.45) is 1.26. The van der Waals surface area contributed by atoms with E-state index < -0.39 is 0 Å². The molecule has 0 aliphatic rings. The van der Waals surface area contributed by atoms with Crippen LogP contribution in [0.4, 0.5) is 0 Å². The fourth-order valence-electron chi connectivity index (χ4n) is 2.43. The standard InChI is InChI=1S/C14H30/c1-10-14(9,11(2)3)13(7,8)12(4,5)6/h11H,10H2,1-9H3. The van der Waals surface area contributed by atoms with Gasteiger partial charge >= 0.3 is 0 Å². The Hall–Kier alpha value is 0. The summed E-state index contributed by atoms with van der Waals surface area (Å²) < 4.78 is 0. The summed E-state index contributed by atoms with van der Waals surface area (Å²) in [6, 6.07) is 0. The molecule has 0 heterocycles. The van der Waals surface area contributed by atoms with Crippen LogP contribution >= 0.6 is 0 Å². The Labute approximate surface area is 91.5 Å². The van der Waals surface area contributed by atoms with E-state index >= 15 is 0 Å². The Morgan fingerprint density at radius 3 is 1.29 bits per heavy atom. The van der Waals surface area contributed by atoms with Gasteiger partial charge in [-0.05, 0) is 28.6 Å². The monoisotopic (exact) mass is 198 g/mol. The van der Waals surface area contributed by atoms with E-state index in [1.807, 2.05) is 0 Å². The molecule has 0 fully saturated rings. The molecule has 0 aliphatic carbocycles. The molecule has 1 atom stereocenters. The van der Waals surface area contributed by atoms with E-state index in [1.165, 1.54) is 6.42 Å². The quantitative estimate of drug-likeness (QED) is 0.589. The van der Waals surface area contributed by atoms with Crippen molar-refractivity contribution in [2.24, 2.45) is 22.2 Å². The highest BCUT2D eigenvalue weighted by Gasteiger charge is 2.48. The van der Waals surface area contributed by atoms with Gasteiger partial charge in [0.1, 0.15) is 0 Å². The predicted molar refractivity (Wildman–Crippen MR) is 66.5 cm³/mol. The molecular formula is C14H30. The minimum atomic E-state index is 0.363. The summed E-state index contributed by atoms with van der Waals surface area (Å²) in [7, 11) is 0. The minimum Gasteiger partial charge on any atom is -0.0648 e. The lowest BCUT2D eigenvalue weighted by Crippen LogP contribution is -2.47. The van der Waals surface area contributed by atoms with Crippen molar-refractivity contribution in [2.75, 3.05) is 0 Å². The lowest BCUT2D eigenvalue weighted by Gasteiger charge is -2.54. The molecule has 0 nitrogen and oxygen atoms in total. The molecule has 0 saturated carbocycles. The minimum absolute atomic E-state index is 0.363. The summed E-state index contributed by atoms with van der Waals surface area (Å²) in [5, 5.41) is 0. The molecule has 0 aromatic rings.